The van der Waals surface area contributed by atoms with Crippen LogP contribution in [0, 0.1) is 6.92 Å². The van der Waals surface area contributed by atoms with E-state index in [4.69, 9.17) is 4.74 Å². The molecule has 0 radical (unpaired) electrons. The molecular formula is C20H26N2O4S2. The molecule has 1 unspecified atom stereocenters. The number of thiophene rings is 1. The number of hydrogen-bond acceptors (Lipinski definition) is 5. The van der Waals surface area contributed by atoms with E-state index in [1.54, 1.807) is 18.4 Å². The van der Waals surface area contributed by atoms with Crippen LogP contribution in [0.3, 0.4) is 0 Å². The maximum absolute atomic E-state index is 11.1. The van der Waals surface area contributed by atoms with Crippen molar-refractivity contribution in [3.63, 3.8) is 0 Å². The molecule has 152 valence electrons. The van der Waals surface area contributed by atoms with E-state index in [9.17, 15) is 13.5 Å². The minimum absolute atomic E-state index is 0.453. The molecule has 0 fully saturated rings. The number of aryl methyl sites for hydroxylation is 2. The molecule has 2 N–H and O–H groups in total. The average Bonchev–Trinajstić information content (AvgIpc) is 3.18. The summed E-state index contributed by atoms with van der Waals surface area (Å²) >= 11 is 1.60. The summed E-state index contributed by atoms with van der Waals surface area (Å²) in [7, 11) is -1.51. The molecule has 3 rings (SSSR count). The Balaban J connectivity index is 1.71. The molecule has 0 amide bonds. The van der Waals surface area contributed by atoms with Gasteiger partial charge in [-0.15, -0.1) is 11.3 Å². The highest BCUT2D eigenvalue weighted by atomic mass is 32.2. The first kappa shape index (κ1) is 20.9. The lowest BCUT2D eigenvalue weighted by atomic mass is 10.1. The summed E-state index contributed by atoms with van der Waals surface area (Å²) in [5.74, 6) is 0.764. The molecule has 0 aliphatic rings. The molecule has 1 atom stereocenters. The van der Waals surface area contributed by atoms with Gasteiger partial charge in [0.1, 0.15) is 16.7 Å². The van der Waals surface area contributed by atoms with Gasteiger partial charge in [-0.25, -0.2) is 13.1 Å². The third kappa shape index (κ3) is 4.94. The number of nitrogens with zero attached hydrogens (tertiary/aromatic N) is 1. The third-order valence-electron chi connectivity index (χ3n) is 4.67. The quantitative estimate of drug-likeness (QED) is 0.518. The van der Waals surface area contributed by atoms with Gasteiger partial charge >= 0.3 is 0 Å². The largest absolute Gasteiger partial charge is 0.497 e. The van der Waals surface area contributed by atoms with Crippen molar-refractivity contribution in [3.05, 3.63) is 52.5 Å². The fourth-order valence-electron chi connectivity index (χ4n) is 3.21. The van der Waals surface area contributed by atoms with Crippen molar-refractivity contribution < 1.29 is 18.3 Å². The van der Waals surface area contributed by atoms with Gasteiger partial charge in [0.25, 0.3) is 0 Å². The first-order valence-corrected chi connectivity index (χ1v) is 11.9. The molecule has 0 saturated carbocycles. The van der Waals surface area contributed by atoms with E-state index in [-0.39, 0.29) is 0 Å². The number of aliphatic hydroxyl groups excluding tert-OH is 1. The number of nitrogens with one attached hydrogen (secondary N) is 1. The van der Waals surface area contributed by atoms with Gasteiger partial charge in [0, 0.05) is 29.0 Å². The van der Waals surface area contributed by atoms with Crippen molar-refractivity contribution in [2.45, 2.75) is 32.4 Å². The first-order chi connectivity index (χ1) is 13.3. The van der Waals surface area contributed by atoms with E-state index in [1.807, 2.05) is 30.3 Å². The Morgan fingerprint density at radius 3 is 2.57 bits per heavy atom. The summed E-state index contributed by atoms with van der Waals surface area (Å²) in [6.07, 6.45) is 2.16. The van der Waals surface area contributed by atoms with Gasteiger partial charge in [-0.1, -0.05) is 12.1 Å². The zero-order valence-electron chi connectivity index (χ0n) is 16.3. The Hall–Kier alpha value is -1.87. The maximum Gasteiger partial charge on any atom is 0.208 e. The average molecular weight is 423 g/mol. The number of hydrogen-bond donors (Lipinski definition) is 2. The van der Waals surface area contributed by atoms with Gasteiger partial charge in [-0.2, -0.15) is 0 Å². The van der Waals surface area contributed by atoms with Gasteiger partial charge < -0.3 is 14.4 Å². The lowest BCUT2D eigenvalue weighted by molar-refractivity contribution is 0.224. The van der Waals surface area contributed by atoms with Gasteiger partial charge in [0.15, 0.2) is 0 Å². The minimum Gasteiger partial charge on any atom is -0.497 e. The lowest BCUT2D eigenvalue weighted by Crippen LogP contribution is -2.23. The predicted molar refractivity (Wildman–Crippen MR) is 114 cm³/mol. The van der Waals surface area contributed by atoms with Crippen LogP contribution in [-0.2, 0) is 16.6 Å². The van der Waals surface area contributed by atoms with Crippen LogP contribution in [0.25, 0.3) is 10.2 Å². The second kappa shape index (κ2) is 8.65. The molecular weight excluding hydrogens is 396 g/mol. The highest BCUT2D eigenvalue weighted by molar-refractivity contribution is 7.88. The number of aromatic nitrogens is 1. The van der Waals surface area contributed by atoms with Crippen molar-refractivity contribution in [1.29, 1.82) is 0 Å². The van der Waals surface area contributed by atoms with Gasteiger partial charge in [-0.05, 0) is 49.6 Å². The molecule has 6 nitrogen and oxygen atoms in total. The monoisotopic (exact) mass is 422 g/mol. The van der Waals surface area contributed by atoms with E-state index < -0.39 is 16.1 Å². The lowest BCUT2D eigenvalue weighted by Gasteiger charge is -2.10. The van der Waals surface area contributed by atoms with Crippen LogP contribution in [-0.4, -0.2) is 38.0 Å². The number of ether oxygens (including phenoxy) is 1. The molecule has 0 aliphatic carbocycles. The van der Waals surface area contributed by atoms with Crippen molar-refractivity contribution in [1.82, 2.24) is 9.29 Å². The Kier molecular flexibility index (Phi) is 6.44. The van der Waals surface area contributed by atoms with Crippen LogP contribution in [0.5, 0.6) is 5.75 Å². The number of unbranched alkanes of at least 4 members (excludes halogenated alkanes) is 1. The highest BCUT2D eigenvalue weighted by Crippen LogP contribution is 2.35. The Morgan fingerprint density at radius 2 is 1.93 bits per heavy atom. The summed E-state index contributed by atoms with van der Waals surface area (Å²) in [4.78, 5) is 2.04. The smallest absolute Gasteiger partial charge is 0.208 e. The Bertz CT molecular complexity index is 1040. The summed E-state index contributed by atoms with van der Waals surface area (Å²) < 4.78 is 32.2. The highest BCUT2D eigenvalue weighted by Gasteiger charge is 2.17. The van der Waals surface area contributed by atoms with E-state index in [0.717, 1.165) is 45.8 Å². The van der Waals surface area contributed by atoms with E-state index in [0.29, 0.717) is 6.54 Å². The Morgan fingerprint density at radius 1 is 1.21 bits per heavy atom. The molecule has 3 aromatic rings. The molecule has 0 spiro atoms. The molecule has 2 aromatic heterocycles. The normalized spacial score (nSPS) is 13.1. The van der Waals surface area contributed by atoms with Crippen LogP contribution in [0.4, 0.5) is 0 Å². The first-order valence-electron chi connectivity index (χ1n) is 9.14. The second-order valence-corrected chi connectivity index (χ2v) is 9.79. The second-order valence-electron chi connectivity index (χ2n) is 6.90. The summed E-state index contributed by atoms with van der Waals surface area (Å²) in [6, 6.07) is 11.6. The Labute approximate surface area is 169 Å². The van der Waals surface area contributed by atoms with Gasteiger partial charge in [-0.3, -0.25) is 0 Å². The molecule has 2 heterocycles. The zero-order valence-corrected chi connectivity index (χ0v) is 17.9. The molecule has 0 bridgehead atoms. The van der Waals surface area contributed by atoms with Crippen LogP contribution in [0.1, 0.15) is 35.1 Å². The number of sulfonamides is 1. The van der Waals surface area contributed by atoms with E-state index >= 15 is 0 Å². The SMILES string of the molecule is COc1ccc(C(O)c2cc3cc(C)n(CCCCNS(C)(=O)=O)c3s2)cc1. The molecule has 28 heavy (non-hydrogen) atoms. The van der Waals surface area contributed by atoms with E-state index in [2.05, 4.69) is 22.3 Å². The predicted octanol–water partition coefficient (Wildman–Crippen LogP) is 3.43. The van der Waals surface area contributed by atoms with Crippen molar-refractivity contribution in [3.8, 4) is 5.75 Å². The molecule has 0 aliphatic heterocycles. The minimum atomic E-state index is -3.13. The van der Waals surface area contributed by atoms with Crippen molar-refractivity contribution >= 4 is 31.6 Å². The molecule has 0 saturated heterocycles. The van der Waals surface area contributed by atoms with Crippen LogP contribution < -0.4 is 9.46 Å². The maximum atomic E-state index is 11.1. The summed E-state index contributed by atoms with van der Waals surface area (Å²) in [5, 5.41) is 11.9. The number of benzene rings is 1. The fraction of sp³-hybridized carbons (Fsp3) is 0.400. The zero-order chi connectivity index (χ0) is 20.3. The van der Waals surface area contributed by atoms with Crippen molar-refractivity contribution in [2.24, 2.45) is 0 Å². The fourth-order valence-corrected chi connectivity index (χ4v) is 4.96. The molecule has 1 aromatic carbocycles. The van der Waals surface area contributed by atoms with Gasteiger partial charge in [0.05, 0.1) is 13.4 Å². The third-order valence-corrected chi connectivity index (χ3v) is 6.62. The standard InChI is InChI=1S/C20H26N2O4S2/c1-14-12-16-13-18(19(23)15-6-8-17(26-2)9-7-15)27-20(16)22(14)11-5-4-10-21-28(3,24)25/h6-9,12-13,19,21,23H,4-5,10-11H2,1-3H3. The number of rotatable bonds is 9. The number of methoxy groups -OCH3 is 1. The van der Waals surface area contributed by atoms with Crippen LogP contribution in [0.2, 0.25) is 0 Å². The van der Waals surface area contributed by atoms with Crippen LogP contribution >= 0.6 is 11.3 Å². The molecule has 8 heteroatoms. The van der Waals surface area contributed by atoms with E-state index in [1.165, 1.54) is 11.9 Å². The van der Waals surface area contributed by atoms with Gasteiger partial charge in [0.2, 0.25) is 10.0 Å². The number of fused-ring (bicyclic) bond motifs is 1. The van der Waals surface area contributed by atoms with Crippen molar-refractivity contribution in [2.75, 3.05) is 19.9 Å². The summed E-state index contributed by atoms with van der Waals surface area (Å²) in [6.45, 7) is 3.34. The van der Waals surface area contributed by atoms with Crippen LogP contribution in [0.15, 0.2) is 36.4 Å². The number of aliphatic hydroxyl groups is 1. The topological polar surface area (TPSA) is 80.6 Å². The summed E-state index contributed by atoms with van der Waals surface area (Å²) in [5.41, 5.74) is 2.00.